The normalized spacial score (nSPS) is 18.2. The topological polar surface area (TPSA) is 126 Å². The van der Waals surface area contributed by atoms with E-state index in [0.29, 0.717) is 5.84 Å². The molecule has 9 nitrogen and oxygen atoms in total. The van der Waals surface area contributed by atoms with E-state index in [1.54, 1.807) is 24.3 Å². The third kappa shape index (κ3) is 2.94. The Kier molecular flexibility index (Phi) is 4.15. The Morgan fingerprint density at radius 1 is 0.848 bits per heavy atom. The van der Waals surface area contributed by atoms with Gasteiger partial charge in [0.05, 0.1) is 15.9 Å². The number of nitro benzene ring substituents is 2. The number of nitro groups is 2. The standard InChI is InChI=1S/C23H14BrN5O4/c24-11-1-6-20-16(7-11)19(10-25-20)23-26-21-17-8-12(28(30)31)2-4-14(17)15-5-3-13(29(32)33)9-18(15)22(21)27-23/h1-10,21-22,25H,(H,26,27). The third-order valence-corrected chi connectivity index (χ3v) is 6.70. The number of halogens is 1. The van der Waals surface area contributed by atoms with Crippen LogP contribution in [0.2, 0.25) is 0 Å². The maximum Gasteiger partial charge on any atom is 0.269 e. The van der Waals surface area contributed by atoms with Gasteiger partial charge in [0.25, 0.3) is 11.4 Å². The van der Waals surface area contributed by atoms with Crippen molar-refractivity contribution in [2.75, 3.05) is 0 Å². The van der Waals surface area contributed by atoms with Crippen LogP contribution in [0.3, 0.4) is 0 Å². The predicted molar refractivity (Wildman–Crippen MR) is 126 cm³/mol. The van der Waals surface area contributed by atoms with Crippen molar-refractivity contribution >= 4 is 44.0 Å². The van der Waals surface area contributed by atoms with Crippen LogP contribution in [-0.2, 0) is 0 Å². The minimum Gasteiger partial charge on any atom is -0.360 e. The van der Waals surface area contributed by atoms with Crippen LogP contribution in [0.1, 0.15) is 28.8 Å². The molecule has 10 heteroatoms. The lowest BCUT2D eigenvalue weighted by atomic mass is 9.79. The number of benzene rings is 3. The van der Waals surface area contributed by atoms with Gasteiger partial charge in [0.15, 0.2) is 0 Å². The Balaban J connectivity index is 1.56. The third-order valence-electron chi connectivity index (χ3n) is 6.21. The largest absolute Gasteiger partial charge is 0.360 e. The van der Waals surface area contributed by atoms with Crippen LogP contribution in [0.4, 0.5) is 11.4 Å². The summed E-state index contributed by atoms with van der Waals surface area (Å²) in [5, 5.41) is 27.3. The number of fused-ring (bicyclic) bond motifs is 7. The zero-order valence-corrected chi connectivity index (χ0v) is 18.4. The van der Waals surface area contributed by atoms with Crippen molar-refractivity contribution in [2.24, 2.45) is 4.99 Å². The fraction of sp³-hybridized carbons (Fsp3) is 0.0870. The van der Waals surface area contributed by atoms with E-state index in [-0.39, 0.29) is 17.4 Å². The monoisotopic (exact) mass is 503 g/mol. The molecule has 0 amide bonds. The summed E-state index contributed by atoms with van der Waals surface area (Å²) in [5.74, 6) is 0.631. The lowest BCUT2D eigenvalue weighted by molar-refractivity contribution is -0.385. The van der Waals surface area contributed by atoms with E-state index in [1.165, 1.54) is 12.1 Å². The number of aromatic nitrogens is 1. The number of hydrogen-bond donors (Lipinski definition) is 2. The number of rotatable bonds is 3. The minimum atomic E-state index is -0.457. The molecule has 0 bridgehead atoms. The van der Waals surface area contributed by atoms with E-state index in [1.807, 2.05) is 24.4 Å². The van der Waals surface area contributed by atoms with E-state index in [9.17, 15) is 20.2 Å². The fourth-order valence-electron chi connectivity index (χ4n) is 4.73. The Hall–Kier alpha value is -4.05. The van der Waals surface area contributed by atoms with Gasteiger partial charge in [0.2, 0.25) is 0 Å². The SMILES string of the molecule is O=[N+]([O-])c1ccc2c(c1)C1N=C(c3c[nH]c4ccc(Br)cc34)NC1c1cc([N+](=O)[O-])ccc1-2. The average Bonchev–Trinajstić information content (AvgIpc) is 3.42. The van der Waals surface area contributed by atoms with Crippen molar-refractivity contribution in [3.63, 3.8) is 0 Å². The van der Waals surface area contributed by atoms with Gasteiger partial charge in [-0.05, 0) is 52.6 Å². The van der Waals surface area contributed by atoms with Crippen LogP contribution in [0.15, 0.2) is 70.3 Å². The highest BCUT2D eigenvalue weighted by molar-refractivity contribution is 9.10. The first kappa shape index (κ1) is 19.6. The van der Waals surface area contributed by atoms with Crippen molar-refractivity contribution in [3.05, 3.63) is 102 Å². The van der Waals surface area contributed by atoms with Gasteiger partial charge in [-0.15, -0.1) is 0 Å². The van der Waals surface area contributed by atoms with Crippen LogP contribution < -0.4 is 5.32 Å². The number of amidine groups is 1. The summed E-state index contributed by atoms with van der Waals surface area (Å²) in [6.45, 7) is 0. The first-order chi connectivity index (χ1) is 15.9. The fourth-order valence-corrected chi connectivity index (χ4v) is 5.09. The van der Waals surface area contributed by atoms with Crippen molar-refractivity contribution in [1.82, 2.24) is 10.3 Å². The number of aromatic amines is 1. The van der Waals surface area contributed by atoms with Gasteiger partial charge in [0.1, 0.15) is 11.9 Å². The van der Waals surface area contributed by atoms with Gasteiger partial charge < -0.3 is 10.3 Å². The molecule has 2 aliphatic rings. The minimum absolute atomic E-state index is 0.0101. The Morgan fingerprint density at radius 2 is 1.52 bits per heavy atom. The van der Waals surface area contributed by atoms with Crippen molar-refractivity contribution < 1.29 is 9.85 Å². The zero-order chi connectivity index (χ0) is 22.9. The number of non-ortho nitro benzene ring substituents is 2. The van der Waals surface area contributed by atoms with Crippen molar-refractivity contribution in [1.29, 1.82) is 0 Å². The summed E-state index contributed by atoms with van der Waals surface area (Å²) in [7, 11) is 0. The van der Waals surface area contributed by atoms with E-state index in [4.69, 9.17) is 4.99 Å². The molecule has 2 atom stereocenters. The molecule has 0 saturated carbocycles. The average molecular weight is 504 g/mol. The molecule has 0 fully saturated rings. The highest BCUT2D eigenvalue weighted by Crippen LogP contribution is 2.50. The first-order valence-electron chi connectivity index (χ1n) is 10.1. The summed E-state index contributed by atoms with van der Waals surface area (Å²) in [5.41, 5.74) is 4.84. The van der Waals surface area contributed by atoms with Gasteiger partial charge in [0, 0.05) is 51.4 Å². The number of hydrogen-bond acceptors (Lipinski definition) is 6. The number of nitrogens with zero attached hydrogens (tertiary/aromatic N) is 3. The summed E-state index contributed by atoms with van der Waals surface area (Å²) in [4.78, 5) is 30.2. The van der Waals surface area contributed by atoms with E-state index in [2.05, 4.69) is 26.2 Å². The number of nitrogens with one attached hydrogen (secondary N) is 2. The molecule has 6 rings (SSSR count). The maximum absolute atomic E-state index is 11.4. The Bertz CT molecular complexity index is 1540. The Morgan fingerprint density at radius 3 is 2.21 bits per heavy atom. The van der Waals surface area contributed by atoms with Gasteiger partial charge in [-0.3, -0.25) is 25.2 Å². The zero-order valence-electron chi connectivity index (χ0n) is 16.8. The molecule has 33 heavy (non-hydrogen) atoms. The van der Waals surface area contributed by atoms with Crippen molar-refractivity contribution in [2.45, 2.75) is 12.1 Å². The summed E-state index contributed by atoms with van der Waals surface area (Å²) >= 11 is 3.50. The van der Waals surface area contributed by atoms with Crippen LogP contribution in [0.5, 0.6) is 0 Å². The van der Waals surface area contributed by atoms with Gasteiger partial charge in [-0.25, -0.2) is 0 Å². The molecular weight excluding hydrogens is 490 g/mol. The highest BCUT2D eigenvalue weighted by atomic mass is 79.9. The van der Waals surface area contributed by atoms with Gasteiger partial charge in [-0.2, -0.15) is 0 Å². The van der Waals surface area contributed by atoms with Gasteiger partial charge in [-0.1, -0.05) is 15.9 Å². The molecule has 1 aromatic heterocycles. The highest BCUT2D eigenvalue weighted by Gasteiger charge is 2.40. The molecule has 0 saturated heterocycles. The van der Waals surface area contributed by atoms with Crippen LogP contribution in [0, 0.1) is 20.2 Å². The summed E-state index contributed by atoms with van der Waals surface area (Å²) in [6, 6.07) is 14.5. The lowest BCUT2D eigenvalue weighted by Crippen LogP contribution is -2.27. The van der Waals surface area contributed by atoms with Crippen LogP contribution in [0.25, 0.3) is 22.0 Å². The maximum atomic E-state index is 11.4. The molecule has 2 heterocycles. The number of aliphatic imine (C=N–C) groups is 1. The second-order valence-corrected chi connectivity index (χ2v) is 8.91. The molecule has 4 aromatic rings. The summed E-state index contributed by atoms with van der Waals surface area (Å²) < 4.78 is 0.925. The quantitative estimate of drug-likeness (QED) is 0.279. The van der Waals surface area contributed by atoms with E-state index < -0.39 is 15.9 Å². The predicted octanol–water partition coefficient (Wildman–Crippen LogP) is 5.56. The van der Waals surface area contributed by atoms with Crippen LogP contribution >= 0.6 is 15.9 Å². The van der Waals surface area contributed by atoms with Crippen molar-refractivity contribution in [3.8, 4) is 11.1 Å². The molecule has 1 aliphatic carbocycles. The molecule has 0 radical (unpaired) electrons. The molecule has 2 N–H and O–H groups in total. The van der Waals surface area contributed by atoms with Crippen LogP contribution in [-0.4, -0.2) is 20.7 Å². The first-order valence-corrected chi connectivity index (χ1v) is 10.9. The molecular formula is C23H14BrN5O4. The lowest BCUT2D eigenvalue weighted by Gasteiger charge is -2.29. The van der Waals surface area contributed by atoms with E-state index in [0.717, 1.165) is 43.2 Å². The van der Waals surface area contributed by atoms with E-state index >= 15 is 0 Å². The molecule has 1 aliphatic heterocycles. The molecule has 3 aromatic carbocycles. The molecule has 0 spiro atoms. The number of H-pyrrole nitrogens is 1. The Labute approximate surface area is 194 Å². The smallest absolute Gasteiger partial charge is 0.269 e. The molecule has 2 unspecified atom stereocenters. The summed E-state index contributed by atoms with van der Waals surface area (Å²) in [6.07, 6.45) is 1.86. The second kappa shape index (κ2) is 6.97. The second-order valence-electron chi connectivity index (χ2n) is 7.99. The molecule has 162 valence electrons. The van der Waals surface area contributed by atoms with Gasteiger partial charge >= 0.3 is 0 Å².